The van der Waals surface area contributed by atoms with Crippen LogP contribution in [0.3, 0.4) is 0 Å². The minimum atomic E-state index is -4.89. The van der Waals surface area contributed by atoms with E-state index in [2.05, 4.69) is 97.8 Å². The average Bonchev–Trinajstić information content (AvgIpc) is 0.768. The van der Waals surface area contributed by atoms with Gasteiger partial charge in [-0.25, -0.2) is 4.98 Å². The average molecular weight is 2080 g/mol. The molecule has 0 aliphatic carbocycles. The summed E-state index contributed by atoms with van der Waals surface area (Å²) in [6.07, 6.45) is 0.288. The molecule has 45 nitrogen and oxygen atoms in total. The number of hydrogen-bond donors (Lipinski definition) is 8. The van der Waals surface area contributed by atoms with Gasteiger partial charge in [-0.3, -0.25) is 27.6 Å². The van der Waals surface area contributed by atoms with Gasteiger partial charge in [0, 0.05) is 68.3 Å². The number of nitrogens with zero attached hydrogens (tertiary/aromatic N) is 24. The number of hydrogen-bond acceptors (Lipinski definition) is 39. The van der Waals surface area contributed by atoms with Crippen molar-refractivity contribution in [1.29, 1.82) is 0 Å². The Labute approximate surface area is 843 Å². The highest BCUT2D eigenvalue weighted by atomic mass is 32.2. The van der Waals surface area contributed by atoms with Crippen molar-refractivity contribution in [2.24, 2.45) is 81.8 Å². The van der Waals surface area contributed by atoms with Crippen LogP contribution in [0.4, 0.5) is 132 Å². The number of aryl methyl sites for hydroxylation is 3. The molecule has 15 rings (SSSR count). The standard InChI is InChI=1S/C97H91N27O18S5/c1-8-44-141-89-55-84(121-120-83-43-35-77(54-91(83)147(138,139)140)116-108-68-18-13-10-14-19-68)61(4)49-87(89)100-95-104-94(99-75-33-41-81(60(3)48-75)117-113-71-25-21-69(22-26-71)109-111-73-29-36-78(37-30-73)144(129,130)131)105-96(106-95)123-57-62(5)124(63(6)58-123)97-102-92(50-65-20-40-80(59(2)47-65)118-119-82-42-34-76(53-90(82)146(135,136)137)115-107-67-16-11-9-12-17-67)101-93(103-97)52-66-51-85(98-64(7)125)86(56-88(66)142-45-15-46-143(126,127)128)122-114-72-27-23-70(24-28-72)110-112-74-31-38-79(39-32-74)145(132,133)134/h9-14,16-43,47-49,51,53-56,62-63H,8,15,44-46,50,52,57-58H2,1-7H3,(H,98,125)(H,126,127,128)(H,129,130,131)(H,132,133,134)(H,135,136,137)(H,138,139,140)(H2,99,100,104,105,106). The van der Waals surface area contributed by atoms with Gasteiger partial charge in [0.25, 0.3) is 50.6 Å². The van der Waals surface area contributed by atoms with E-state index in [9.17, 15) is 69.6 Å². The number of anilines is 7. The molecule has 2 aromatic heterocycles. The van der Waals surface area contributed by atoms with Crippen LogP contribution in [-0.2, 0) is 68.2 Å². The predicted molar refractivity (Wildman–Crippen MR) is 546 cm³/mol. The molecule has 3 heterocycles. The van der Waals surface area contributed by atoms with E-state index in [1.165, 1.54) is 85.8 Å². The number of benzene rings is 12. The van der Waals surface area contributed by atoms with Crippen molar-refractivity contribution >= 4 is 188 Å². The van der Waals surface area contributed by atoms with E-state index in [0.29, 0.717) is 96.8 Å². The lowest BCUT2D eigenvalue weighted by Crippen LogP contribution is -2.58. The molecular formula is C97H91N27O18S5. The zero-order valence-corrected chi connectivity index (χ0v) is 83.2. The summed E-state index contributed by atoms with van der Waals surface area (Å²) in [6.45, 7) is 12.8. The van der Waals surface area contributed by atoms with Crippen LogP contribution in [0, 0.1) is 20.8 Å². The Morgan fingerprint density at radius 1 is 0.374 bits per heavy atom. The summed E-state index contributed by atoms with van der Waals surface area (Å²) in [5.41, 5.74) is 8.12. The van der Waals surface area contributed by atoms with Crippen LogP contribution in [0.1, 0.15) is 80.0 Å². The molecular weight excluding hydrogens is 1990 g/mol. The number of azo groups is 8. The summed E-state index contributed by atoms with van der Waals surface area (Å²) >= 11 is 0. The molecule has 1 saturated heterocycles. The van der Waals surface area contributed by atoms with Crippen molar-refractivity contribution < 1.29 is 79.1 Å². The quantitative estimate of drug-likeness (QED) is 0.0101. The zero-order valence-electron chi connectivity index (χ0n) is 79.1. The molecule has 0 bridgehead atoms. The number of carbonyl (C=O) groups is 1. The molecule has 50 heteroatoms. The van der Waals surface area contributed by atoms with Crippen molar-refractivity contribution in [3.63, 3.8) is 0 Å². The van der Waals surface area contributed by atoms with Crippen molar-refractivity contribution in [2.45, 2.75) is 106 Å². The third-order valence-corrected chi connectivity index (χ3v) is 25.9. The fraction of sp³-hybridized carbons (Fsp3) is 0.186. The van der Waals surface area contributed by atoms with E-state index in [4.69, 9.17) is 39.4 Å². The molecule has 0 spiro atoms. The Bertz CT molecular complexity index is 8150. The maximum absolute atomic E-state index is 13.2. The Morgan fingerprint density at radius 3 is 1.24 bits per heavy atom. The second-order valence-corrected chi connectivity index (χ2v) is 40.3. The number of nitrogens with one attached hydrogen (secondary N) is 3. The Hall–Kier alpha value is -16.7. The molecule has 1 aliphatic heterocycles. The molecule has 8 N–H and O–H groups in total. The summed E-state index contributed by atoms with van der Waals surface area (Å²) < 4.78 is 184. The monoisotopic (exact) mass is 2080 g/mol. The number of ether oxygens (including phenoxy) is 2. The van der Waals surface area contributed by atoms with Gasteiger partial charge in [0.15, 0.2) is 0 Å². The van der Waals surface area contributed by atoms with Crippen LogP contribution in [0.15, 0.2) is 356 Å². The lowest BCUT2D eigenvalue weighted by Gasteiger charge is -2.44. The summed E-state index contributed by atoms with van der Waals surface area (Å²) in [6, 6.07) is 64.7. The molecule has 1 amide bonds. The van der Waals surface area contributed by atoms with Gasteiger partial charge in [-0.15, -0.1) is 15.3 Å². The van der Waals surface area contributed by atoms with Crippen LogP contribution in [0.25, 0.3) is 0 Å². The topological polar surface area (TPSA) is 625 Å². The third-order valence-electron chi connectivity index (χ3n) is 21.6. The molecule has 0 radical (unpaired) electrons. The van der Waals surface area contributed by atoms with E-state index in [1.807, 2.05) is 49.6 Å². The van der Waals surface area contributed by atoms with Crippen LogP contribution < -0.4 is 35.2 Å². The number of aromatic nitrogens is 6. The van der Waals surface area contributed by atoms with Crippen molar-refractivity contribution in [1.82, 2.24) is 29.9 Å². The maximum atomic E-state index is 13.2. The fourth-order valence-electron chi connectivity index (χ4n) is 14.7. The lowest BCUT2D eigenvalue weighted by atomic mass is 10.1. The molecule has 752 valence electrons. The van der Waals surface area contributed by atoms with Crippen molar-refractivity contribution in [3.8, 4) is 11.5 Å². The minimum absolute atomic E-state index is 0.0324. The van der Waals surface area contributed by atoms with Gasteiger partial charge in [-0.05, 0) is 264 Å². The molecule has 2 unspecified atom stereocenters. The van der Waals surface area contributed by atoms with E-state index in [1.54, 1.807) is 166 Å². The van der Waals surface area contributed by atoms with Crippen LogP contribution in [-0.4, -0.2) is 145 Å². The van der Waals surface area contributed by atoms with E-state index in [-0.39, 0.29) is 148 Å². The Kier molecular flexibility index (Phi) is 33.0. The zero-order chi connectivity index (χ0) is 104. The molecule has 14 aromatic rings. The number of carbonyl (C=O) groups excluding carboxylic acids is 1. The van der Waals surface area contributed by atoms with E-state index >= 15 is 0 Å². The first-order valence-electron chi connectivity index (χ1n) is 44.8. The van der Waals surface area contributed by atoms with Crippen LogP contribution in [0.5, 0.6) is 11.5 Å². The molecule has 2 atom stereocenters. The number of piperazine rings is 1. The second kappa shape index (κ2) is 46.3. The van der Waals surface area contributed by atoms with Gasteiger partial charge < -0.3 is 35.2 Å². The maximum Gasteiger partial charge on any atom is 0.296 e. The predicted octanol–water partition coefficient (Wildman–Crippen LogP) is 24.5. The molecule has 147 heavy (non-hydrogen) atoms. The molecule has 1 aliphatic rings. The molecule has 1 fully saturated rings. The lowest BCUT2D eigenvalue weighted by molar-refractivity contribution is -0.114. The highest BCUT2D eigenvalue weighted by molar-refractivity contribution is 7.87. The highest BCUT2D eigenvalue weighted by Crippen LogP contribution is 2.43. The first-order chi connectivity index (χ1) is 70.2. The van der Waals surface area contributed by atoms with Gasteiger partial charge in [0.2, 0.25) is 29.7 Å². The van der Waals surface area contributed by atoms with Crippen molar-refractivity contribution in [3.05, 3.63) is 294 Å². The fourth-order valence-corrected chi connectivity index (χ4v) is 17.4. The SMILES string of the molecule is CCCOc1cc(N=Nc2ccc(N=Nc3ccccc3)cc2S(=O)(=O)O)c(C)cc1Nc1nc(Nc2ccc(N=Nc3ccc(N=Nc4ccc(S(=O)(=O)O)cc4)cc3)c(C)c2)nc(N2CC(C)N(c3nc(Cc4ccc(N=Nc5ccc(N=Nc6ccccc6)cc5S(=O)(=O)O)c(C)c4)nc(Cc4cc(NC(C)=O)c(N=Nc5ccc(N=Nc6ccc(S(=O)(=O)O)cc6)cc5)cc4OCCCS(=O)(=O)O)n3)C(C)C2)n1. The first kappa shape index (κ1) is 105. The second-order valence-electron chi connectivity index (χ2n) is 33.1. The van der Waals surface area contributed by atoms with Gasteiger partial charge in [-0.2, -0.15) is 133 Å². The third kappa shape index (κ3) is 29.3. The van der Waals surface area contributed by atoms with Crippen molar-refractivity contribution in [2.75, 3.05) is 57.8 Å². The Morgan fingerprint density at radius 2 is 0.776 bits per heavy atom. The van der Waals surface area contributed by atoms with E-state index < -0.39 is 84.1 Å². The Balaban J connectivity index is 0.766. The van der Waals surface area contributed by atoms with Gasteiger partial charge >= 0.3 is 0 Å². The summed E-state index contributed by atoms with van der Waals surface area (Å²) in [5, 5.41) is 78.4. The van der Waals surface area contributed by atoms with E-state index in [0.717, 1.165) is 12.1 Å². The minimum Gasteiger partial charge on any atom is -0.493 e. The largest absolute Gasteiger partial charge is 0.493 e. The summed E-state index contributed by atoms with van der Waals surface area (Å²) in [5.74, 6) is 0.148. The van der Waals surface area contributed by atoms with Gasteiger partial charge in [-0.1, -0.05) is 55.5 Å². The van der Waals surface area contributed by atoms with Crippen LogP contribution in [0.2, 0.25) is 0 Å². The highest BCUT2D eigenvalue weighted by Gasteiger charge is 2.35. The van der Waals surface area contributed by atoms with Gasteiger partial charge in [0.05, 0.1) is 114 Å². The molecule has 12 aromatic carbocycles. The first-order valence-corrected chi connectivity index (χ1v) is 52.2. The van der Waals surface area contributed by atoms with Gasteiger partial charge in [0.1, 0.15) is 50.0 Å². The van der Waals surface area contributed by atoms with Crippen LogP contribution >= 0.6 is 0 Å². The smallest absolute Gasteiger partial charge is 0.296 e. The summed E-state index contributed by atoms with van der Waals surface area (Å²) in [7, 11) is -23.1. The normalized spacial score (nSPS) is 14.0. The molecule has 0 saturated carbocycles. The number of rotatable bonds is 39. The summed E-state index contributed by atoms with van der Waals surface area (Å²) in [4.78, 5) is 46.1. The number of amides is 1.